The Morgan fingerprint density at radius 3 is 2.89 bits per heavy atom. The first-order valence-electron chi connectivity index (χ1n) is 6.45. The Balaban J connectivity index is 1.86. The van der Waals surface area contributed by atoms with E-state index in [1.165, 1.54) is 0 Å². The average Bonchev–Trinajstić information content (AvgIpc) is 2.92. The monoisotopic (exact) mass is 251 g/mol. The number of carbonyl (C=O) groups excluding carboxylic acids is 1. The molecule has 1 fully saturated rings. The standard InChI is InChI=1S/C13H21N3O2/c1-9-12(10(2)16(3)15-9)7-13(17)14-8-11-5-4-6-18-11/h11H,4-8H2,1-3H3,(H,14,17). The van der Waals surface area contributed by atoms with E-state index in [0.29, 0.717) is 13.0 Å². The zero-order valence-electron chi connectivity index (χ0n) is 11.3. The summed E-state index contributed by atoms with van der Waals surface area (Å²) in [5.41, 5.74) is 3.02. The minimum absolute atomic E-state index is 0.0460. The summed E-state index contributed by atoms with van der Waals surface area (Å²) in [5, 5.41) is 7.25. The topological polar surface area (TPSA) is 56.2 Å². The molecule has 1 aromatic heterocycles. The van der Waals surface area contributed by atoms with Crippen LogP contribution < -0.4 is 5.32 Å². The van der Waals surface area contributed by atoms with E-state index in [9.17, 15) is 4.79 Å². The first kappa shape index (κ1) is 13.1. The van der Waals surface area contributed by atoms with E-state index < -0.39 is 0 Å². The number of nitrogens with one attached hydrogen (secondary N) is 1. The van der Waals surface area contributed by atoms with Gasteiger partial charge in [0.2, 0.25) is 5.91 Å². The molecule has 1 aliphatic rings. The number of aryl methyl sites for hydroxylation is 2. The van der Waals surface area contributed by atoms with E-state index in [4.69, 9.17) is 4.74 Å². The highest BCUT2D eigenvalue weighted by molar-refractivity contribution is 5.79. The molecule has 1 atom stereocenters. The summed E-state index contributed by atoms with van der Waals surface area (Å²) in [5.74, 6) is 0.0460. The Morgan fingerprint density at radius 2 is 2.33 bits per heavy atom. The summed E-state index contributed by atoms with van der Waals surface area (Å²) in [6.45, 7) is 5.37. The molecule has 100 valence electrons. The molecule has 0 bridgehead atoms. The van der Waals surface area contributed by atoms with Gasteiger partial charge in [0.1, 0.15) is 0 Å². The van der Waals surface area contributed by atoms with Crippen LogP contribution in [0.2, 0.25) is 0 Å². The molecule has 0 aliphatic carbocycles. The number of carbonyl (C=O) groups is 1. The molecule has 18 heavy (non-hydrogen) atoms. The van der Waals surface area contributed by atoms with Gasteiger partial charge in [-0.2, -0.15) is 5.10 Å². The minimum Gasteiger partial charge on any atom is -0.376 e. The molecule has 0 saturated carbocycles. The van der Waals surface area contributed by atoms with Crippen molar-refractivity contribution in [1.82, 2.24) is 15.1 Å². The number of hydrogen-bond acceptors (Lipinski definition) is 3. The van der Waals surface area contributed by atoms with Crippen molar-refractivity contribution in [2.24, 2.45) is 7.05 Å². The van der Waals surface area contributed by atoms with Gasteiger partial charge >= 0.3 is 0 Å². The summed E-state index contributed by atoms with van der Waals surface area (Å²) in [4.78, 5) is 11.9. The number of hydrogen-bond donors (Lipinski definition) is 1. The normalized spacial score (nSPS) is 19.2. The van der Waals surface area contributed by atoms with Gasteiger partial charge in [0.25, 0.3) is 0 Å². The molecule has 1 amide bonds. The molecule has 1 unspecified atom stereocenters. The van der Waals surface area contributed by atoms with E-state index in [2.05, 4.69) is 10.4 Å². The summed E-state index contributed by atoms with van der Waals surface area (Å²) >= 11 is 0. The SMILES string of the molecule is Cc1nn(C)c(C)c1CC(=O)NCC1CCCO1. The molecule has 0 aromatic carbocycles. The summed E-state index contributed by atoms with van der Waals surface area (Å²) in [6, 6.07) is 0. The van der Waals surface area contributed by atoms with Crippen molar-refractivity contribution in [2.45, 2.75) is 39.2 Å². The first-order valence-corrected chi connectivity index (χ1v) is 6.45. The predicted octanol–water partition coefficient (Wildman–Crippen LogP) is 0.875. The summed E-state index contributed by atoms with van der Waals surface area (Å²) < 4.78 is 7.29. The number of ether oxygens (including phenoxy) is 1. The van der Waals surface area contributed by atoms with Gasteiger partial charge in [-0.3, -0.25) is 9.48 Å². The fraction of sp³-hybridized carbons (Fsp3) is 0.692. The van der Waals surface area contributed by atoms with Gasteiger partial charge in [0.05, 0.1) is 18.2 Å². The number of nitrogens with zero attached hydrogens (tertiary/aromatic N) is 2. The van der Waals surface area contributed by atoms with Crippen molar-refractivity contribution in [2.75, 3.05) is 13.2 Å². The molecule has 2 heterocycles. The second kappa shape index (κ2) is 5.52. The third kappa shape index (κ3) is 2.90. The van der Waals surface area contributed by atoms with Crippen molar-refractivity contribution < 1.29 is 9.53 Å². The molecule has 1 N–H and O–H groups in total. The van der Waals surface area contributed by atoms with Crippen LogP contribution in [-0.4, -0.2) is 34.9 Å². The third-order valence-electron chi connectivity index (χ3n) is 3.55. The van der Waals surface area contributed by atoms with Crippen molar-refractivity contribution in [3.05, 3.63) is 17.0 Å². The zero-order chi connectivity index (χ0) is 13.1. The molecule has 1 aliphatic heterocycles. The van der Waals surface area contributed by atoms with Gasteiger partial charge < -0.3 is 10.1 Å². The minimum atomic E-state index is 0.0460. The molecular formula is C13H21N3O2. The van der Waals surface area contributed by atoms with Crippen LogP contribution in [0.15, 0.2) is 0 Å². The van der Waals surface area contributed by atoms with Crippen LogP contribution in [0.5, 0.6) is 0 Å². The highest BCUT2D eigenvalue weighted by Crippen LogP contribution is 2.13. The van der Waals surface area contributed by atoms with E-state index in [1.807, 2.05) is 25.6 Å². The maximum atomic E-state index is 11.9. The number of aromatic nitrogens is 2. The van der Waals surface area contributed by atoms with Gasteiger partial charge in [0.15, 0.2) is 0 Å². The van der Waals surface area contributed by atoms with E-state index in [0.717, 1.165) is 36.4 Å². The van der Waals surface area contributed by atoms with Gasteiger partial charge in [0, 0.05) is 31.5 Å². The van der Waals surface area contributed by atoms with Crippen LogP contribution in [0.1, 0.15) is 29.8 Å². The molecule has 5 nitrogen and oxygen atoms in total. The molecule has 2 rings (SSSR count). The summed E-state index contributed by atoms with van der Waals surface area (Å²) in [6.07, 6.45) is 2.75. The molecule has 1 saturated heterocycles. The lowest BCUT2D eigenvalue weighted by Crippen LogP contribution is -2.33. The van der Waals surface area contributed by atoms with Crippen LogP contribution >= 0.6 is 0 Å². The molecular weight excluding hydrogens is 230 g/mol. The lowest BCUT2D eigenvalue weighted by atomic mass is 10.1. The molecule has 0 radical (unpaired) electrons. The van der Waals surface area contributed by atoms with Crippen molar-refractivity contribution >= 4 is 5.91 Å². The third-order valence-corrected chi connectivity index (χ3v) is 3.55. The molecule has 5 heteroatoms. The van der Waals surface area contributed by atoms with E-state index in [1.54, 1.807) is 0 Å². The van der Waals surface area contributed by atoms with E-state index >= 15 is 0 Å². The Hall–Kier alpha value is -1.36. The van der Waals surface area contributed by atoms with Crippen LogP contribution in [-0.2, 0) is 23.0 Å². The van der Waals surface area contributed by atoms with Gasteiger partial charge in [-0.15, -0.1) is 0 Å². The fourth-order valence-electron chi connectivity index (χ4n) is 2.33. The highest BCUT2D eigenvalue weighted by Gasteiger charge is 2.17. The van der Waals surface area contributed by atoms with Crippen molar-refractivity contribution in [3.8, 4) is 0 Å². The van der Waals surface area contributed by atoms with Crippen molar-refractivity contribution in [1.29, 1.82) is 0 Å². The second-order valence-electron chi connectivity index (χ2n) is 4.89. The molecule has 0 spiro atoms. The first-order chi connectivity index (χ1) is 8.58. The van der Waals surface area contributed by atoms with Gasteiger partial charge in [-0.05, 0) is 26.7 Å². The van der Waals surface area contributed by atoms with Crippen LogP contribution in [0.25, 0.3) is 0 Å². The predicted molar refractivity (Wildman–Crippen MR) is 68.4 cm³/mol. The largest absolute Gasteiger partial charge is 0.376 e. The van der Waals surface area contributed by atoms with E-state index in [-0.39, 0.29) is 12.0 Å². The van der Waals surface area contributed by atoms with Crippen molar-refractivity contribution in [3.63, 3.8) is 0 Å². The Labute approximate surface area is 108 Å². The quantitative estimate of drug-likeness (QED) is 0.864. The lowest BCUT2D eigenvalue weighted by molar-refractivity contribution is -0.120. The lowest BCUT2D eigenvalue weighted by Gasteiger charge is -2.10. The van der Waals surface area contributed by atoms with Crippen LogP contribution in [0.3, 0.4) is 0 Å². The highest BCUT2D eigenvalue weighted by atomic mass is 16.5. The van der Waals surface area contributed by atoms with Crippen LogP contribution in [0.4, 0.5) is 0 Å². The average molecular weight is 251 g/mol. The maximum absolute atomic E-state index is 11.9. The fourth-order valence-corrected chi connectivity index (χ4v) is 2.33. The second-order valence-corrected chi connectivity index (χ2v) is 4.89. The Bertz CT molecular complexity index is 434. The number of amides is 1. The Morgan fingerprint density at radius 1 is 1.56 bits per heavy atom. The van der Waals surface area contributed by atoms with Gasteiger partial charge in [-0.1, -0.05) is 0 Å². The molecule has 1 aromatic rings. The smallest absolute Gasteiger partial charge is 0.224 e. The maximum Gasteiger partial charge on any atom is 0.224 e. The summed E-state index contributed by atoms with van der Waals surface area (Å²) in [7, 11) is 1.90. The van der Waals surface area contributed by atoms with Crippen LogP contribution in [0, 0.1) is 13.8 Å². The number of rotatable bonds is 4. The zero-order valence-corrected chi connectivity index (χ0v) is 11.3. The van der Waals surface area contributed by atoms with Gasteiger partial charge in [-0.25, -0.2) is 0 Å². The Kier molecular flexibility index (Phi) is 4.01.